The summed E-state index contributed by atoms with van der Waals surface area (Å²) in [6, 6.07) is 17.8. The van der Waals surface area contributed by atoms with Crippen molar-refractivity contribution in [3.8, 4) is 0 Å². The number of likely N-dealkylation sites (N-methyl/N-ethyl adjacent to an activating group) is 1. The molecule has 1 N–H and O–H groups in total. The highest BCUT2D eigenvalue weighted by Crippen LogP contribution is 2.24. The zero-order chi connectivity index (χ0) is 15.8. The molecule has 23 heavy (non-hydrogen) atoms. The van der Waals surface area contributed by atoms with Crippen molar-refractivity contribution in [2.75, 3.05) is 7.05 Å². The van der Waals surface area contributed by atoms with E-state index in [1.807, 2.05) is 66.9 Å². The Hall–Kier alpha value is -3.14. The molecule has 0 saturated carbocycles. The second-order valence-electron chi connectivity index (χ2n) is 5.48. The van der Waals surface area contributed by atoms with E-state index in [9.17, 15) is 4.79 Å². The first-order valence-corrected chi connectivity index (χ1v) is 7.44. The molecule has 1 aromatic heterocycles. The van der Waals surface area contributed by atoms with Gasteiger partial charge in [0.05, 0.1) is 0 Å². The van der Waals surface area contributed by atoms with E-state index < -0.39 is 0 Å². The highest BCUT2D eigenvalue weighted by molar-refractivity contribution is 6.19. The van der Waals surface area contributed by atoms with Gasteiger partial charge in [0.15, 0.2) is 0 Å². The fourth-order valence-electron chi connectivity index (χ4n) is 2.81. The Bertz CT molecular complexity index is 951. The van der Waals surface area contributed by atoms with E-state index >= 15 is 0 Å². The zero-order valence-electron chi connectivity index (χ0n) is 12.7. The molecular formula is C19H15N3O. The van der Waals surface area contributed by atoms with Crippen LogP contribution < -0.4 is 0 Å². The van der Waals surface area contributed by atoms with Crippen LogP contribution in [0, 0.1) is 0 Å². The Morgan fingerprint density at radius 3 is 2.61 bits per heavy atom. The number of nitrogens with one attached hydrogen (secondary N) is 1. The predicted octanol–water partition coefficient (Wildman–Crippen LogP) is 3.43. The lowest BCUT2D eigenvalue weighted by Gasteiger charge is -2.11. The van der Waals surface area contributed by atoms with E-state index in [1.165, 1.54) is 0 Å². The Balaban J connectivity index is 1.79. The van der Waals surface area contributed by atoms with Gasteiger partial charge in [0.1, 0.15) is 11.5 Å². The molecule has 0 atom stereocenters. The maximum atomic E-state index is 12.5. The SMILES string of the molecule is CN1C(=O)C(=Cc2c[nH]c3ccccc23)N=C1c1ccccc1. The molecule has 1 aliphatic heterocycles. The van der Waals surface area contributed by atoms with Gasteiger partial charge in [0.25, 0.3) is 5.91 Å². The summed E-state index contributed by atoms with van der Waals surface area (Å²) in [5.41, 5.74) is 3.41. The monoisotopic (exact) mass is 301 g/mol. The molecule has 0 unspecified atom stereocenters. The van der Waals surface area contributed by atoms with Gasteiger partial charge < -0.3 is 4.98 Å². The minimum absolute atomic E-state index is 0.0888. The molecule has 2 aromatic carbocycles. The molecule has 4 heteroatoms. The minimum Gasteiger partial charge on any atom is -0.361 e. The number of nitrogens with zero attached hydrogens (tertiary/aromatic N) is 2. The summed E-state index contributed by atoms with van der Waals surface area (Å²) in [7, 11) is 1.75. The number of carbonyl (C=O) groups is 1. The van der Waals surface area contributed by atoms with Gasteiger partial charge in [-0.25, -0.2) is 4.99 Å². The highest BCUT2D eigenvalue weighted by atomic mass is 16.2. The zero-order valence-corrected chi connectivity index (χ0v) is 12.7. The third kappa shape index (κ3) is 2.25. The Morgan fingerprint density at radius 1 is 1.04 bits per heavy atom. The van der Waals surface area contributed by atoms with Gasteiger partial charge in [-0.3, -0.25) is 9.69 Å². The number of benzene rings is 2. The van der Waals surface area contributed by atoms with Crippen molar-refractivity contribution in [1.82, 2.24) is 9.88 Å². The van der Waals surface area contributed by atoms with E-state index in [0.29, 0.717) is 11.5 Å². The number of aliphatic imine (C=N–C) groups is 1. The number of aromatic nitrogens is 1. The summed E-state index contributed by atoms with van der Waals surface area (Å²) in [4.78, 5) is 21.8. The van der Waals surface area contributed by atoms with Gasteiger partial charge >= 0.3 is 0 Å². The predicted molar refractivity (Wildman–Crippen MR) is 92.0 cm³/mol. The van der Waals surface area contributed by atoms with Crippen molar-refractivity contribution in [1.29, 1.82) is 0 Å². The standard InChI is InChI=1S/C19H15N3O/c1-22-18(13-7-3-2-4-8-13)21-17(19(22)23)11-14-12-20-16-10-6-5-9-15(14)16/h2-12,20H,1H3. The molecule has 1 aliphatic rings. The van der Waals surface area contributed by atoms with Crippen LogP contribution in [0.3, 0.4) is 0 Å². The summed E-state index contributed by atoms with van der Waals surface area (Å²) in [6.07, 6.45) is 3.74. The van der Waals surface area contributed by atoms with Gasteiger partial charge in [0, 0.05) is 35.3 Å². The average molecular weight is 301 g/mol. The Morgan fingerprint density at radius 2 is 1.78 bits per heavy atom. The first-order valence-electron chi connectivity index (χ1n) is 7.44. The number of amidine groups is 1. The second-order valence-corrected chi connectivity index (χ2v) is 5.48. The number of fused-ring (bicyclic) bond motifs is 1. The van der Waals surface area contributed by atoms with Crippen molar-refractivity contribution in [3.63, 3.8) is 0 Å². The second kappa shape index (κ2) is 5.25. The molecule has 4 nitrogen and oxygen atoms in total. The van der Waals surface area contributed by atoms with Crippen LogP contribution in [-0.4, -0.2) is 28.7 Å². The summed E-state index contributed by atoms with van der Waals surface area (Å²) in [5, 5.41) is 1.08. The molecule has 0 saturated heterocycles. The van der Waals surface area contributed by atoms with Gasteiger partial charge in [-0.05, 0) is 12.1 Å². The van der Waals surface area contributed by atoms with Crippen molar-refractivity contribution >= 4 is 28.7 Å². The van der Waals surface area contributed by atoms with Gasteiger partial charge in [-0.1, -0.05) is 48.5 Å². The molecule has 1 amide bonds. The number of para-hydroxylation sites is 1. The minimum atomic E-state index is -0.0888. The van der Waals surface area contributed by atoms with Crippen molar-refractivity contribution in [3.05, 3.63) is 77.6 Å². The molecule has 2 heterocycles. The lowest BCUT2D eigenvalue weighted by Crippen LogP contribution is -2.28. The van der Waals surface area contributed by atoms with Crippen molar-refractivity contribution < 1.29 is 4.79 Å². The molecule has 0 aliphatic carbocycles. The summed E-state index contributed by atoms with van der Waals surface area (Å²) >= 11 is 0. The molecule has 3 aromatic rings. The normalized spacial score (nSPS) is 16.4. The van der Waals surface area contributed by atoms with Gasteiger partial charge in [-0.2, -0.15) is 0 Å². The molecule has 4 rings (SSSR count). The van der Waals surface area contributed by atoms with Crippen LogP contribution in [0.5, 0.6) is 0 Å². The molecule has 0 radical (unpaired) electrons. The fraction of sp³-hybridized carbons (Fsp3) is 0.0526. The van der Waals surface area contributed by atoms with E-state index in [4.69, 9.17) is 0 Å². The van der Waals surface area contributed by atoms with Crippen LogP contribution in [0.25, 0.3) is 17.0 Å². The maximum absolute atomic E-state index is 12.5. The Labute approximate surface area is 133 Å². The van der Waals surface area contributed by atoms with Crippen LogP contribution in [0.1, 0.15) is 11.1 Å². The average Bonchev–Trinajstić information content (AvgIpc) is 3.13. The molecule has 112 valence electrons. The van der Waals surface area contributed by atoms with Crippen LogP contribution in [0.4, 0.5) is 0 Å². The number of rotatable bonds is 2. The molecular weight excluding hydrogens is 286 g/mol. The number of H-pyrrole nitrogens is 1. The fourth-order valence-corrected chi connectivity index (χ4v) is 2.81. The highest BCUT2D eigenvalue weighted by Gasteiger charge is 2.27. The number of aromatic amines is 1. The summed E-state index contributed by atoms with van der Waals surface area (Å²) < 4.78 is 0. The summed E-state index contributed by atoms with van der Waals surface area (Å²) in [5.74, 6) is 0.593. The first kappa shape index (κ1) is 13.5. The molecule has 0 fully saturated rings. The summed E-state index contributed by atoms with van der Waals surface area (Å²) in [6.45, 7) is 0. The lowest BCUT2D eigenvalue weighted by atomic mass is 10.1. The third-order valence-electron chi connectivity index (χ3n) is 4.01. The van der Waals surface area contributed by atoms with E-state index in [0.717, 1.165) is 22.0 Å². The van der Waals surface area contributed by atoms with E-state index in [2.05, 4.69) is 9.98 Å². The van der Waals surface area contributed by atoms with Crippen LogP contribution >= 0.6 is 0 Å². The van der Waals surface area contributed by atoms with Crippen molar-refractivity contribution in [2.24, 2.45) is 4.99 Å². The number of hydrogen-bond acceptors (Lipinski definition) is 2. The van der Waals surface area contributed by atoms with Crippen LogP contribution in [0.15, 0.2) is 71.5 Å². The smallest absolute Gasteiger partial charge is 0.277 e. The van der Waals surface area contributed by atoms with Crippen LogP contribution in [0.2, 0.25) is 0 Å². The molecule has 0 spiro atoms. The van der Waals surface area contributed by atoms with E-state index in [-0.39, 0.29) is 5.91 Å². The quantitative estimate of drug-likeness (QED) is 0.724. The van der Waals surface area contributed by atoms with Gasteiger partial charge in [-0.15, -0.1) is 0 Å². The maximum Gasteiger partial charge on any atom is 0.277 e. The first-order chi connectivity index (χ1) is 11.2. The Kier molecular flexibility index (Phi) is 3.08. The molecule has 0 bridgehead atoms. The van der Waals surface area contributed by atoms with Crippen molar-refractivity contribution in [2.45, 2.75) is 0 Å². The van der Waals surface area contributed by atoms with E-state index in [1.54, 1.807) is 11.9 Å². The van der Waals surface area contributed by atoms with Crippen LogP contribution in [-0.2, 0) is 4.79 Å². The number of carbonyl (C=O) groups excluding carboxylic acids is 1. The largest absolute Gasteiger partial charge is 0.361 e. The number of amides is 1. The third-order valence-corrected chi connectivity index (χ3v) is 4.01. The topological polar surface area (TPSA) is 48.5 Å². The van der Waals surface area contributed by atoms with Gasteiger partial charge in [0.2, 0.25) is 0 Å². The number of hydrogen-bond donors (Lipinski definition) is 1. The lowest BCUT2D eigenvalue weighted by molar-refractivity contribution is -0.121.